The van der Waals surface area contributed by atoms with Crippen molar-refractivity contribution in [3.63, 3.8) is 0 Å². The van der Waals surface area contributed by atoms with Crippen molar-refractivity contribution in [1.29, 1.82) is 0 Å². The topological polar surface area (TPSA) is 124 Å². The van der Waals surface area contributed by atoms with Crippen LogP contribution in [0.4, 0.5) is 0 Å². The number of halogens is 1. The second kappa shape index (κ2) is 10.3. The molecule has 3 unspecified atom stereocenters. The molecule has 0 aromatic carbocycles. The molecule has 10 nitrogen and oxygen atoms in total. The fourth-order valence-electron chi connectivity index (χ4n) is 3.89. The summed E-state index contributed by atoms with van der Waals surface area (Å²) in [6.45, 7) is 5.19. The predicted molar refractivity (Wildman–Crippen MR) is 116 cm³/mol. The molecule has 170 valence electrons. The maximum absolute atomic E-state index is 12.3. The number of hydrogen-bond acceptors (Lipinski definition) is 8. The number of aliphatic hydroxyl groups is 1. The predicted octanol–water partition coefficient (Wildman–Crippen LogP) is 0.936. The first-order chi connectivity index (χ1) is 14.8. The maximum atomic E-state index is 12.3. The number of unbranched alkanes of at least 4 members (excludes halogenated alkanes) is 1. The largest absolute Gasteiger partial charge is 0.382 e. The number of fused-ring (bicyclic) bond motifs is 1. The van der Waals surface area contributed by atoms with E-state index >= 15 is 0 Å². The van der Waals surface area contributed by atoms with Crippen molar-refractivity contribution in [3.8, 4) is 0 Å². The van der Waals surface area contributed by atoms with Crippen LogP contribution >= 0.6 is 11.6 Å². The Hall–Kier alpha value is -2.43. The van der Waals surface area contributed by atoms with Gasteiger partial charge in [0.15, 0.2) is 5.82 Å². The van der Waals surface area contributed by atoms with E-state index in [4.69, 9.17) is 11.6 Å². The Morgan fingerprint density at radius 2 is 2.29 bits per heavy atom. The highest BCUT2D eigenvalue weighted by molar-refractivity contribution is 6.29. The zero-order chi connectivity index (χ0) is 22.5. The van der Waals surface area contributed by atoms with Gasteiger partial charge in [0, 0.05) is 25.3 Å². The van der Waals surface area contributed by atoms with Gasteiger partial charge in [-0.05, 0) is 31.4 Å². The Labute approximate surface area is 186 Å². The zero-order valence-electron chi connectivity index (χ0n) is 17.8. The van der Waals surface area contributed by atoms with E-state index in [1.54, 1.807) is 24.1 Å². The molecule has 1 aromatic rings. The number of carbonyl (C=O) groups is 1. The lowest BCUT2D eigenvalue weighted by Gasteiger charge is -2.39. The quantitative estimate of drug-likeness (QED) is 0.219. The molecule has 1 aromatic heterocycles. The summed E-state index contributed by atoms with van der Waals surface area (Å²) in [4.78, 5) is 31.5. The lowest BCUT2D eigenvalue weighted by Crippen LogP contribution is -2.56. The molecule has 1 amide bonds. The van der Waals surface area contributed by atoms with Crippen LogP contribution in [0.15, 0.2) is 29.8 Å². The summed E-state index contributed by atoms with van der Waals surface area (Å²) < 4.78 is 0. The first kappa shape index (κ1) is 23.2. The van der Waals surface area contributed by atoms with Crippen molar-refractivity contribution in [1.82, 2.24) is 25.4 Å². The van der Waals surface area contributed by atoms with Crippen LogP contribution in [-0.2, 0) is 11.2 Å². The number of nitro groups is 1. The van der Waals surface area contributed by atoms with Crippen LogP contribution in [-0.4, -0.2) is 75.2 Å². The standard InChI is InChI=1S/C20H29ClN6O4/c1-3-4-7-22-20(29)18(28)13(2)25-11-16(27(30)31)19-24-10-15(26(19)12-25)8-14-5-6-17(21)23-9-14/h5-6,9,13,15,18,24,28H,3-4,7-8,10-12H2,1-2H3,(H,22,29). The lowest BCUT2D eigenvalue weighted by molar-refractivity contribution is -0.433. The van der Waals surface area contributed by atoms with Gasteiger partial charge >= 0.3 is 0 Å². The molecule has 1 fully saturated rings. The summed E-state index contributed by atoms with van der Waals surface area (Å²) in [5, 5.41) is 28.6. The minimum absolute atomic E-state index is 0.0292. The molecule has 11 heteroatoms. The van der Waals surface area contributed by atoms with E-state index in [-0.39, 0.29) is 18.3 Å². The highest BCUT2D eigenvalue weighted by atomic mass is 35.5. The average molecular weight is 453 g/mol. The van der Waals surface area contributed by atoms with Gasteiger partial charge in [-0.15, -0.1) is 0 Å². The van der Waals surface area contributed by atoms with Gasteiger partial charge < -0.3 is 20.6 Å². The van der Waals surface area contributed by atoms with Crippen LogP contribution in [0.2, 0.25) is 5.15 Å². The monoisotopic (exact) mass is 452 g/mol. The third kappa shape index (κ3) is 5.44. The third-order valence-corrected chi connectivity index (χ3v) is 6.03. The highest BCUT2D eigenvalue weighted by Crippen LogP contribution is 2.28. The molecule has 0 aliphatic carbocycles. The molecule has 0 radical (unpaired) electrons. The Morgan fingerprint density at radius 3 is 2.94 bits per heavy atom. The number of rotatable bonds is 9. The first-order valence-corrected chi connectivity index (χ1v) is 10.9. The number of aromatic nitrogens is 1. The average Bonchev–Trinajstić information content (AvgIpc) is 3.16. The SMILES string of the molecule is CCCCNC(=O)C(O)C(C)N1CC([N+](=O)[O-])=C2NCC(Cc3ccc(Cl)nc3)N2C1. The van der Waals surface area contributed by atoms with Crippen molar-refractivity contribution >= 4 is 17.5 Å². The van der Waals surface area contributed by atoms with Crippen molar-refractivity contribution < 1.29 is 14.8 Å². The van der Waals surface area contributed by atoms with Gasteiger partial charge in [-0.1, -0.05) is 31.0 Å². The first-order valence-electron chi connectivity index (χ1n) is 10.5. The second-order valence-electron chi connectivity index (χ2n) is 7.97. The van der Waals surface area contributed by atoms with Crippen molar-refractivity contribution in [2.24, 2.45) is 0 Å². The van der Waals surface area contributed by atoms with Crippen LogP contribution < -0.4 is 10.6 Å². The normalized spacial score (nSPS) is 20.8. The summed E-state index contributed by atoms with van der Waals surface area (Å²) in [7, 11) is 0. The van der Waals surface area contributed by atoms with Gasteiger partial charge in [-0.3, -0.25) is 19.8 Å². The summed E-state index contributed by atoms with van der Waals surface area (Å²) in [5.74, 6) is 0.0453. The minimum Gasteiger partial charge on any atom is -0.382 e. The number of hydrogen-bond donors (Lipinski definition) is 3. The molecule has 3 N–H and O–H groups in total. The van der Waals surface area contributed by atoms with Crippen LogP contribution in [0.3, 0.4) is 0 Å². The lowest BCUT2D eigenvalue weighted by atomic mass is 10.1. The molecule has 2 aliphatic rings. The van der Waals surface area contributed by atoms with E-state index in [0.29, 0.717) is 37.2 Å². The van der Waals surface area contributed by atoms with Crippen molar-refractivity contribution in [2.45, 2.75) is 51.3 Å². The Bertz CT molecular complexity index is 833. The van der Waals surface area contributed by atoms with E-state index in [2.05, 4.69) is 15.6 Å². The van der Waals surface area contributed by atoms with Gasteiger partial charge in [0.1, 0.15) is 11.3 Å². The number of nitrogens with zero attached hydrogens (tertiary/aromatic N) is 4. The molecule has 31 heavy (non-hydrogen) atoms. The fourth-order valence-corrected chi connectivity index (χ4v) is 4.00. The Kier molecular flexibility index (Phi) is 7.69. The number of carbonyl (C=O) groups excluding carboxylic acids is 1. The number of nitrogens with one attached hydrogen (secondary N) is 2. The smallest absolute Gasteiger partial charge is 0.299 e. The summed E-state index contributed by atoms with van der Waals surface area (Å²) >= 11 is 5.86. The number of amides is 1. The molecule has 0 bridgehead atoms. The van der Waals surface area contributed by atoms with Crippen LogP contribution in [0.5, 0.6) is 0 Å². The van der Waals surface area contributed by atoms with Crippen LogP contribution in [0.1, 0.15) is 32.3 Å². The van der Waals surface area contributed by atoms with Gasteiger partial charge in [-0.25, -0.2) is 4.98 Å². The molecule has 0 saturated carbocycles. The van der Waals surface area contributed by atoms with E-state index in [0.717, 1.165) is 18.4 Å². The van der Waals surface area contributed by atoms with Crippen LogP contribution in [0.25, 0.3) is 0 Å². The molecule has 0 spiro atoms. The van der Waals surface area contributed by atoms with E-state index in [1.807, 2.05) is 17.9 Å². The molecule has 2 aliphatic heterocycles. The van der Waals surface area contributed by atoms with E-state index in [9.17, 15) is 20.0 Å². The molecule has 3 rings (SSSR count). The third-order valence-electron chi connectivity index (χ3n) is 5.80. The van der Waals surface area contributed by atoms with Gasteiger partial charge in [0.05, 0.1) is 24.2 Å². The molecular formula is C20H29ClN6O4. The molecular weight excluding hydrogens is 424 g/mol. The van der Waals surface area contributed by atoms with Gasteiger partial charge in [-0.2, -0.15) is 0 Å². The molecule has 3 heterocycles. The Balaban J connectivity index is 1.74. The molecule has 1 saturated heterocycles. The van der Waals surface area contributed by atoms with Crippen LogP contribution in [0, 0.1) is 10.1 Å². The van der Waals surface area contributed by atoms with Crippen molar-refractivity contribution in [3.05, 3.63) is 50.7 Å². The zero-order valence-corrected chi connectivity index (χ0v) is 18.5. The fraction of sp³-hybridized carbons (Fsp3) is 0.600. The highest BCUT2D eigenvalue weighted by Gasteiger charge is 2.42. The minimum atomic E-state index is -1.28. The summed E-state index contributed by atoms with van der Waals surface area (Å²) in [5.41, 5.74) is 1.01. The number of aliphatic hydroxyl groups excluding tert-OH is 1. The maximum Gasteiger partial charge on any atom is 0.299 e. The van der Waals surface area contributed by atoms with Crippen molar-refractivity contribution in [2.75, 3.05) is 26.3 Å². The molecule has 3 atom stereocenters. The van der Waals surface area contributed by atoms with Gasteiger partial charge in [0.25, 0.3) is 5.70 Å². The second-order valence-corrected chi connectivity index (χ2v) is 8.36. The number of pyridine rings is 1. The summed E-state index contributed by atoms with van der Waals surface area (Å²) in [6, 6.07) is 2.99. The van der Waals surface area contributed by atoms with E-state index < -0.39 is 23.0 Å². The summed E-state index contributed by atoms with van der Waals surface area (Å²) in [6.07, 6.45) is 2.82. The van der Waals surface area contributed by atoms with Gasteiger partial charge in [0.2, 0.25) is 5.91 Å². The Morgan fingerprint density at radius 1 is 1.52 bits per heavy atom. The van der Waals surface area contributed by atoms with E-state index in [1.165, 1.54) is 0 Å².